The average Bonchev–Trinajstić information content (AvgIpc) is 2.09. The van der Waals surface area contributed by atoms with E-state index in [4.69, 9.17) is 4.55 Å². The molecule has 0 aliphatic heterocycles. The van der Waals surface area contributed by atoms with Gasteiger partial charge in [0.25, 0.3) is 10.1 Å². The molecule has 0 aromatic carbocycles. The lowest BCUT2D eigenvalue weighted by Gasteiger charge is -2.11. The van der Waals surface area contributed by atoms with Crippen molar-refractivity contribution in [1.29, 1.82) is 0 Å². The molecule has 0 saturated heterocycles. The van der Waals surface area contributed by atoms with Gasteiger partial charge < -0.3 is 5.32 Å². The Bertz CT molecular complexity index is 226. The van der Waals surface area contributed by atoms with Crippen LogP contribution in [0.5, 0.6) is 0 Å². The average molecular weight is 223 g/mol. The minimum atomic E-state index is -3.92. The molecule has 4 nitrogen and oxygen atoms in total. The lowest BCUT2D eigenvalue weighted by atomic mass is 10.1. The zero-order valence-corrected chi connectivity index (χ0v) is 9.81. The molecule has 0 rings (SSSR count). The van der Waals surface area contributed by atoms with Crippen LogP contribution < -0.4 is 5.32 Å². The maximum atomic E-state index is 10.8. The molecule has 0 amide bonds. The molecule has 0 aromatic rings. The summed E-state index contributed by atoms with van der Waals surface area (Å²) in [5, 5.41) is 1.79. The van der Waals surface area contributed by atoms with E-state index in [2.05, 4.69) is 12.2 Å². The molecule has 0 aromatic heterocycles. The predicted octanol–water partition coefficient (Wildman–Crippen LogP) is 1.78. The highest BCUT2D eigenvalue weighted by Gasteiger charge is 2.19. The summed E-state index contributed by atoms with van der Waals surface area (Å²) in [5.74, 6) is 0. The highest BCUT2D eigenvalue weighted by atomic mass is 32.2. The van der Waals surface area contributed by atoms with Gasteiger partial charge in [-0.05, 0) is 13.5 Å². The van der Waals surface area contributed by atoms with Gasteiger partial charge in [0.05, 0.1) is 0 Å². The van der Waals surface area contributed by atoms with E-state index in [0.29, 0.717) is 6.42 Å². The molecule has 0 radical (unpaired) electrons. The molecule has 1 unspecified atom stereocenters. The lowest BCUT2D eigenvalue weighted by Crippen LogP contribution is -2.33. The van der Waals surface area contributed by atoms with Crippen LogP contribution in [0.15, 0.2) is 0 Å². The van der Waals surface area contributed by atoms with Crippen molar-refractivity contribution in [3.05, 3.63) is 0 Å². The Kier molecular flexibility index (Phi) is 7.13. The summed E-state index contributed by atoms with van der Waals surface area (Å²) < 4.78 is 30.3. The number of unbranched alkanes of at least 4 members (excludes halogenated alkanes) is 4. The minimum Gasteiger partial charge on any atom is -0.302 e. The topological polar surface area (TPSA) is 66.4 Å². The highest BCUT2D eigenvalue weighted by molar-refractivity contribution is 7.86. The van der Waals surface area contributed by atoms with Gasteiger partial charge >= 0.3 is 0 Å². The van der Waals surface area contributed by atoms with Crippen molar-refractivity contribution < 1.29 is 13.0 Å². The van der Waals surface area contributed by atoms with E-state index < -0.39 is 15.5 Å². The van der Waals surface area contributed by atoms with E-state index in [0.717, 1.165) is 19.3 Å². The van der Waals surface area contributed by atoms with Crippen molar-refractivity contribution in [3.63, 3.8) is 0 Å². The van der Waals surface area contributed by atoms with Crippen molar-refractivity contribution in [1.82, 2.24) is 5.32 Å². The van der Waals surface area contributed by atoms with E-state index in [-0.39, 0.29) is 0 Å². The van der Waals surface area contributed by atoms with Crippen LogP contribution in [-0.4, -0.2) is 25.4 Å². The van der Waals surface area contributed by atoms with Gasteiger partial charge in [0, 0.05) is 0 Å². The fourth-order valence-corrected chi connectivity index (χ4v) is 2.14. The van der Waals surface area contributed by atoms with E-state index >= 15 is 0 Å². The van der Waals surface area contributed by atoms with E-state index in [1.165, 1.54) is 12.8 Å². The molecule has 86 valence electrons. The van der Waals surface area contributed by atoms with Crippen LogP contribution >= 0.6 is 0 Å². The maximum absolute atomic E-state index is 10.8. The third-order valence-corrected chi connectivity index (χ3v) is 3.44. The molecular weight excluding hydrogens is 202 g/mol. The first-order valence-corrected chi connectivity index (χ1v) is 6.66. The first kappa shape index (κ1) is 13.9. The summed E-state index contributed by atoms with van der Waals surface area (Å²) in [6.45, 7) is 2.13. The summed E-state index contributed by atoms with van der Waals surface area (Å²) in [5.41, 5.74) is 0. The number of nitrogens with one attached hydrogen (secondary N) is 1. The quantitative estimate of drug-likeness (QED) is 0.486. The van der Waals surface area contributed by atoms with Gasteiger partial charge in [-0.15, -0.1) is 0 Å². The molecule has 0 aliphatic rings. The molecule has 14 heavy (non-hydrogen) atoms. The molecular formula is C9H21NO3S. The molecule has 0 saturated carbocycles. The monoisotopic (exact) mass is 223 g/mol. The van der Waals surface area contributed by atoms with Crippen molar-refractivity contribution >= 4 is 10.1 Å². The second-order valence-corrected chi connectivity index (χ2v) is 5.09. The summed E-state index contributed by atoms with van der Waals surface area (Å²) >= 11 is 0. The van der Waals surface area contributed by atoms with E-state index in [9.17, 15) is 8.42 Å². The Labute approximate surface area is 86.8 Å². The third kappa shape index (κ3) is 6.34. The van der Waals surface area contributed by atoms with Crippen molar-refractivity contribution in [2.45, 2.75) is 50.8 Å². The molecule has 5 heteroatoms. The van der Waals surface area contributed by atoms with Crippen LogP contribution in [0.3, 0.4) is 0 Å². The summed E-state index contributed by atoms with van der Waals surface area (Å²) in [6.07, 6.45) is 5.86. The van der Waals surface area contributed by atoms with Crippen LogP contribution in [-0.2, 0) is 10.1 Å². The lowest BCUT2D eigenvalue weighted by molar-refractivity contribution is 0.443. The first-order valence-electron chi connectivity index (χ1n) is 5.16. The number of rotatable bonds is 8. The van der Waals surface area contributed by atoms with E-state index in [1.807, 2.05) is 0 Å². The van der Waals surface area contributed by atoms with Gasteiger partial charge in [0.2, 0.25) is 0 Å². The molecule has 2 N–H and O–H groups in total. The van der Waals surface area contributed by atoms with Gasteiger partial charge in [0.15, 0.2) is 0 Å². The highest BCUT2D eigenvalue weighted by Crippen LogP contribution is 2.09. The fraction of sp³-hybridized carbons (Fsp3) is 1.00. The largest absolute Gasteiger partial charge is 0.302 e. The molecule has 0 heterocycles. The van der Waals surface area contributed by atoms with Crippen molar-refractivity contribution in [2.24, 2.45) is 0 Å². The molecule has 0 spiro atoms. The Morgan fingerprint density at radius 3 is 2.21 bits per heavy atom. The van der Waals surface area contributed by atoms with Gasteiger partial charge in [-0.25, -0.2) is 0 Å². The predicted molar refractivity (Wildman–Crippen MR) is 57.8 cm³/mol. The van der Waals surface area contributed by atoms with Gasteiger partial charge in [-0.1, -0.05) is 39.0 Å². The first-order chi connectivity index (χ1) is 6.52. The molecule has 1 atom stereocenters. The minimum absolute atomic E-state index is 0.485. The Hall–Kier alpha value is -0.130. The maximum Gasteiger partial charge on any atom is 0.281 e. The zero-order valence-electron chi connectivity index (χ0n) is 8.99. The summed E-state index contributed by atoms with van der Waals surface area (Å²) in [7, 11) is -2.37. The Balaban J connectivity index is 3.65. The van der Waals surface area contributed by atoms with Crippen LogP contribution in [0, 0.1) is 0 Å². The SMILES string of the molecule is CCCCCCCC(NC)S(=O)(=O)O. The number of hydrogen-bond donors (Lipinski definition) is 2. The van der Waals surface area contributed by atoms with Crippen LogP contribution in [0.1, 0.15) is 45.4 Å². The van der Waals surface area contributed by atoms with Gasteiger partial charge in [0.1, 0.15) is 5.37 Å². The summed E-state index contributed by atoms with van der Waals surface area (Å²) in [6, 6.07) is 0. The second kappa shape index (κ2) is 7.20. The second-order valence-electron chi connectivity index (χ2n) is 3.50. The smallest absolute Gasteiger partial charge is 0.281 e. The zero-order chi connectivity index (χ0) is 11.0. The fourth-order valence-electron chi connectivity index (χ4n) is 1.38. The Morgan fingerprint density at radius 2 is 1.79 bits per heavy atom. The van der Waals surface area contributed by atoms with Gasteiger partial charge in [-0.2, -0.15) is 8.42 Å². The number of hydrogen-bond acceptors (Lipinski definition) is 3. The standard InChI is InChI=1S/C9H21NO3S/c1-3-4-5-6-7-8-9(10-2)14(11,12)13/h9-10H,3-8H2,1-2H3,(H,11,12,13). The van der Waals surface area contributed by atoms with E-state index in [1.54, 1.807) is 7.05 Å². The van der Waals surface area contributed by atoms with Crippen LogP contribution in [0.2, 0.25) is 0 Å². The van der Waals surface area contributed by atoms with Gasteiger partial charge in [-0.3, -0.25) is 4.55 Å². The molecule has 0 aliphatic carbocycles. The van der Waals surface area contributed by atoms with Crippen molar-refractivity contribution in [3.8, 4) is 0 Å². The molecule has 0 fully saturated rings. The normalized spacial score (nSPS) is 14.2. The molecule has 0 bridgehead atoms. The van der Waals surface area contributed by atoms with Crippen molar-refractivity contribution in [2.75, 3.05) is 7.05 Å². The van der Waals surface area contributed by atoms with Crippen LogP contribution in [0.25, 0.3) is 0 Å². The third-order valence-electron chi connectivity index (χ3n) is 2.25. The summed E-state index contributed by atoms with van der Waals surface area (Å²) in [4.78, 5) is 0. The Morgan fingerprint density at radius 1 is 1.21 bits per heavy atom. The van der Waals surface area contributed by atoms with Crippen LogP contribution in [0.4, 0.5) is 0 Å².